The Balaban J connectivity index is 1.73. The van der Waals surface area contributed by atoms with Gasteiger partial charge in [0.1, 0.15) is 0 Å². The quantitative estimate of drug-likeness (QED) is 0.242. The van der Waals surface area contributed by atoms with Crippen molar-refractivity contribution in [2.45, 2.75) is 78.6 Å². The number of aromatic nitrogens is 2. The van der Waals surface area contributed by atoms with Crippen LogP contribution >= 0.6 is 0 Å². The third-order valence-electron chi connectivity index (χ3n) is 7.55. The Bertz CT molecular complexity index is 1520. The summed E-state index contributed by atoms with van der Waals surface area (Å²) in [5.74, 6) is 0. The van der Waals surface area contributed by atoms with Crippen molar-refractivity contribution in [2.75, 3.05) is 0 Å². The van der Waals surface area contributed by atoms with Crippen LogP contribution in [0.25, 0.3) is 38.8 Å². The second-order valence-electron chi connectivity index (χ2n) is 13.5. The van der Waals surface area contributed by atoms with Crippen LogP contribution in [0.15, 0.2) is 79.0 Å². The van der Waals surface area contributed by atoms with E-state index in [2.05, 4.69) is 140 Å². The third kappa shape index (κ3) is 4.70. The molecule has 0 saturated heterocycles. The zero-order chi connectivity index (χ0) is 26.8. The van der Waals surface area contributed by atoms with E-state index in [1.807, 2.05) is 6.20 Å². The molecule has 0 fully saturated rings. The lowest BCUT2D eigenvalue weighted by Gasteiger charge is -2.19. The van der Waals surface area contributed by atoms with Gasteiger partial charge in [-0.1, -0.05) is 98.7 Å². The Labute approximate surface area is 222 Å². The molecular formula is C35H40N2. The Morgan fingerprint density at radius 1 is 0.514 bits per heavy atom. The molecule has 5 aromatic rings. The van der Waals surface area contributed by atoms with Gasteiger partial charge in [-0.05, 0) is 69.3 Å². The van der Waals surface area contributed by atoms with Crippen LogP contribution in [0, 0.1) is 0 Å². The van der Waals surface area contributed by atoms with Crippen molar-refractivity contribution < 1.29 is 0 Å². The minimum absolute atomic E-state index is 0.0906. The van der Waals surface area contributed by atoms with E-state index < -0.39 is 0 Å². The molecule has 37 heavy (non-hydrogen) atoms. The molecule has 0 aliphatic rings. The highest BCUT2D eigenvalue weighted by atomic mass is 15.0. The molecule has 2 heteroatoms. The summed E-state index contributed by atoms with van der Waals surface area (Å²) in [5, 5.41) is 2.61. The van der Waals surface area contributed by atoms with E-state index in [-0.39, 0.29) is 16.2 Å². The van der Waals surface area contributed by atoms with E-state index in [4.69, 9.17) is 4.98 Å². The van der Waals surface area contributed by atoms with Crippen molar-refractivity contribution in [1.82, 2.24) is 9.55 Å². The molecule has 2 nitrogen and oxygen atoms in total. The van der Waals surface area contributed by atoms with Gasteiger partial charge in [-0.3, -0.25) is 4.98 Å². The molecule has 0 radical (unpaired) electrons. The number of hydrogen-bond acceptors (Lipinski definition) is 1. The minimum Gasteiger partial charge on any atom is -0.309 e. The van der Waals surface area contributed by atoms with E-state index in [0.29, 0.717) is 0 Å². The van der Waals surface area contributed by atoms with Gasteiger partial charge in [0.25, 0.3) is 0 Å². The summed E-state index contributed by atoms with van der Waals surface area (Å²) in [5.41, 5.74) is 10.1. The van der Waals surface area contributed by atoms with Gasteiger partial charge >= 0.3 is 0 Å². The Morgan fingerprint density at radius 3 is 1.43 bits per heavy atom. The Morgan fingerprint density at radius 2 is 0.973 bits per heavy atom. The van der Waals surface area contributed by atoms with Gasteiger partial charge < -0.3 is 4.57 Å². The van der Waals surface area contributed by atoms with E-state index in [1.165, 1.54) is 38.5 Å². The molecule has 0 N–H and O–H groups in total. The SMILES string of the molecule is CC(C)(C)c1ccc(-c2cc(-n3c4ccc(C(C)(C)C)cc4c4cc(C(C)(C)C)ccc43)ccn2)cc1. The summed E-state index contributed by atoms with van der Waals surface area (Å²) >= 11 is 0. The average molecular weight is 489 g/mol. The molecule has 3 aromatic carbocycles. The van der Waals surface area contributed by atoms with Gasteiger partial charge in [0, 0.05) is 28.2 Å². The zero-order valence-corrected chi connectivity index (χ0v) is 23.9. The number of fused-ring (bicyclic) bond motifs is 3. The van der Waals surface area contributed by atoms with Gasteiger partial charge in [-0.15, -0.1) is 0 Å². The molecular weight excluding hydrogens is 448 g/mol. The highest BCUT2D eigenvalue weighted by Gasteiger charge is 2.21. The fraction of sp³-hybridized carbons (Fsp3) is 0.343. The van der Waals surface area contributed by atoms with Crippen LogP contribution in [0.2, 0.25) is 0 Å². The predicted molar refractivity (Wildman–Crippen MR) is 160 cm³/mol. The lowest BCUT2D eigenvalue weighted by molar-refractivity contribution is 0.590. The van der Waals surface area contributed by atoms with Gasteiger partial charge in [0.15, 0.2) is 0 Å². The molecule has 0 unspecified atom stereocenters. The first-order valence-corrected chi connectivity index (χ1v) is 13.4. The maximum Gasteiger partial charge on any atom is 0.0722 e. The van der Waals surface area contributed by atoms with Crippen LogP contribution in [-0.2, 0) is 16.2 Å². The number of rotatable bonds is 2. The minimum atomic E-state index is 0.0906. The molecule has 2 heterocycles. The highest BCUT2D eigenvalue weighted by Crippen LogP contribution is 2.38. The van der Waals surface area contributed by atoms with Crippen LogP contribution in [0.3, 0.4) is 0 Å². The summed E-state index contributed by atoms with van der Waals surface area (Å²) < 4.78 is 2.40. The molecule has 0 amide bonds. The maximum atomic E-state index is 4.75. The van der Waals surface area contributed by atoms with Crippen molar-refractivity contribution >= 4 is 21.8 Å². The number of pyridine rings is 1. The van der Waals surface area contributed by atoms with Crippen LogP contribution in [0.1, 0.15) is 79.0 Å². The molecule has 0 saturated carbocycles. The third-order valence-corrected chi connectivity index (χ3v) is 7.55. The first-order valence-electron chi connectivity index (χ1n) is 13.4. The summed E-state index contributed by atoms with van der Waals surface area (Å²) in [6, 6.07) is 27.2. The highest BCUT2D eigenvalue weighted by molar-refractivity contribution is 6.10. The normalized spacial score (nSPS) is 13.0. The van der Waals surface area contributed by atoms with Crippen molar-refractivity contribution in [1.29, 1.82) is 0 Å². The largest absolute Gasteiger partial charge is 0.309 e. The molecule has 2 aromatic heterocycles. The summed E-state index contributed by atoms with van der Waals surface area (Å²) in [7, 11) is 0. The topological polar surface area (TPSA) is 17.8 Å². The van der Waals surface area contributed by atoms with E-state index in [1.54, 1.807) is 0 Å². The van der Waals surface area contributed by atoms with Gasteiger partial charge in [0.05, 0.1) is 16.7 Å². The van der Waals surface area contributed by atoms with Gasteiger partial charge in [-0.25, -0.2) is 0 Å². The fourth-order valence-corrected chi connectivity index (χ4v) is 5.09. The van der Waals surface area contributed by atoms with E-state index in [0.717, 1.165) is 16.9 Å². The monoisotopic (exact) mass is 488 g/mol. The molecule has 0 bridgehead atoms. The van der Waals surface area contributed by atoms with E-state index in [9.17, 15) is 0 Å². The smallest absolute Gasteiger partial charge is 0.0722 e. The predicted octanol–water partition coefficient (Wildman–Crippen LogP) is 9.74. The molecule has 190 valence electrons. The van der Waals surface area contributed by atoms with E-state index >= 15 is 0 Å². The van der Waals surface area contributed by atoms with Gasteiger partial charge in [-0.2, -0.15) is 0 Å². The fourth-order valence-electron chi connectivity index (χ4n) is 5.09. The standard InChI is InChI=1S/C35H40N2/c1-33(2,3)24-12-10-23(11-13-24)30-22-27(18-19-36-30)37-31-16-14-25(34(4,5)6)20-28(31)29-21-26(35(7,8)9)15-17-32(29)37/h10-22H,1-9H3. The second kappa shape index (κ2) is 8.58. The summed E-state index contributed by atoms with van der Waals surface area (Å²) in [4.78, 5) is 4.75. The number of benzene rings is 3. The number of nitrogens with zero attached hydrogens (tertiary/aromatic N) is 2. The summed E-state index contributed by atoms with van der Waals surface area (Å²) in [6.45, 7) is 20.5. The Kier molecular flexibility index (Phi) is 5.86. The van der Waals surface area contributed by atoms with Crippen molar-refractivity contribution in [3.63, 3.8) is 0 Å². The molecule has 0 aliphatic heterocycles. The van der Waals surface area contributed by atoms with Crippen LogP contribution < -0.4 is 0 Å². The molecule has 0 atom stereocenters. The lowest BCUT2D eigenvalue weighted by Crippen LogP contribution is -2.10. The molecule has 0 spiro atoms. The maximum absolute atomic E-state index is 4.75. The van der Waals surface area contributed by atoms with Crippen LogP contribution in [0.5, 0.6) is 0 Å². The first kappa shape index (κ1) is 25.3. The lowest BCUT2D eigenvalue weighted by atomic mass is 9.85. The van der Waals surface area contributed by atoms with Crippen molar-refractivity contribution in [2.24, 2.45) is 0 Å². The van der Waals surface area contributed by atoms with Gasteiger partial charge in [0.2, 0.25) is 0 Å². The average Bonchev–Trinajstić information content (AvgIpc) is 3.16. The summed E-state index contributed by atoms with van der Waals surface area (Å²) in [6.07, 6.45) is 1.94. The molecule has 5 rings (SSSR count). The first-order chi connectivity index (χ1) is 17.2. The molecule has 0 aliphatic carbocycles. The number of hydrogen-bond donors (Lipinski definition) is 0. The second-order valence-corrected chi connectivity index (χ2v) is 13.5. The van der Waals surface area contributed by atoms with Crippen molar-refractivity contribution in [3.8, 4) is 16.9 Å². The Hall–Kier alpha value is -3.39. The van der Waals surface area contributed by atoms with Crippen LogP contribution in [0.4, 0.5) is 0 Å². The van der Waals surface area contributed by atoms with Crippen LogP contribution in [-0.4, -0.2) is 9.55 Å². The zero-order valence-electron chi connectivity index (χ0n) is 23.9. The van der Waals surface area contributed by atoms with Crippen molar-refractivity contribution in [3.05, 3.63) is 95.7 Å².